The van der Waals surface area contributed by atoms with Crippen molar-refractivity contribution in [2.45, 2.75) is 37.5 Å². The summed E-state index contributed by atoms with van der Waals surface area (Å²) in [6.07, 6.45) is 4.16. The smallest absolute Gasteiger partial charge is 0.252 e. The van der Waals surface area contributed by atoms with Gasteiger partial charge >= 0.3 is 0 Å². The van der Waals surface area contributed by atoms with Crippen LogP contribution in [0.3, 0.4) is 0 Å². The minimum atomic E-state index is -0.0546. The second-order valence-corrected chi connectivity index (χ2v) is 7.97. The van der Waals surface area contributed by atoms with E-state index < -0.39 is 0 Å². The number of carbonyl (C=O) groups is 2. The number of benzene rings is 1. The van der Waals surface area contributed by atoms with Crippen LogP contribution in [0.25, 0.3) is 0 Å². The Kier molecular flexibility index (Phi) is 5.95. The Hall–Kier alpha value is -1.33. The van der Waals surface area contributed by atoms with Crippen molar-refractivity contribution in [1.29, 1.82) is 0 Å². The fourth-order valence-corrected chi connectivity index (χ4v) is 4.71. The minimum absolute atomic E-state index is 0.0546. The summed E-state index contributed by atoms with van der Waals surface area (Å²) in [6.45, 7) is 6.41. The summed E-state index contributed by atoms with van der Waals surface area (Å²) < 4.78 is 0. The van der Waals surface area contributed by atoms with Crippen LogP contribution in [0.15, 0.2) is 23.1 Å². The number of carbonyl (C=O) groups excluding carboxylic acids is 2. The summed E-state index contributed by atoms with van der Waals surface area (Å²) in [7, 11) is 0. The molecule has 0 saturated carbocycles. The van der Waals surface area contributed by atoms with Gasteiger partial charge < -0.3 is 10.2 Å². The van der Waals surface area contributed by atoms with E-state index in [2.05, 4.69) is 17.1 Å². The standard InChI is InChI=1S/C19H26N2O2S/c1-14-5-3-10-21(13-14)11-4-9-20-19(23)16-7-2-6-15-17(22)8-12-24-18(15)16/h2,6-7,14H,3-5,8-13H2,1H3,(H,20,23). The van der Waals surface area contributed by atoms with Crippen molar-refractivity contribution in [1.82, 2.24) is 10.2 Å². The van der Waals surface area contributed by atoms with E-state index in [9.17, 15) is 9.59 Å². The number of nitrogens with one attached hydrogen (secondary N) is 1. The van der Waals surface area contributed by atoms with E-state index >= 15 is 0 Å². The molecule has 1 saturated heterocycles. The van der Waals surface area contributed by atoms with Gasteiger partial charge in [0.05, 0.1) is 5.56 Å². The van der Waals surface area contributed by atoms with Gasteiger partial charge in [-0.25, -0.2) is 0 Å². The van der Waals surface area contributed by atoms with Crippen molar-refractivity contribution in [2.24, 2.45) is 5.92 Å². The van der Waals surface area contributed by atoms with Gasteiger partial charge in [0, 0.05) is 35.7 Å². The number of hydrogen-bond acceptors (Lipinski definition) is 4. The molecule has 4 nitrogen and oxygen atoms in total. The molecule has 1 unspecified atom stereocenters. The lowest BCUT2D eigenvalue weighted by molar-refractivity contribution is 0.0947. The van der Waals surface area contributed by atoms with Crippen LogP contribution in [0, 0.1) is 5.92 Å². The van der Waals surface area contributed by atoms with Crippen LogP contribution < -0.4 is 5.32 Å². The van der Waals surface area contributed by atoms with Crippen LogP contribution >= 0.6 is 11.8 Å². The van der Waals surface area contributed by atoms with E-state index in [1.54, 1.807) is 11.8 Å². The molecule has 0 aliphatic carbocycles. The predicted molar refractivity (Wildman–Crippen MR) is 97.9 cm³/mol. The SMILES string of the molecule is CC1CCCN(CCCNC(=O)c2cccc3c2SCCC3=O)C1. The molecule has 0 bridgehead atoms. The Labute approximate surface area is 148 Å². The molecule has 1 atom stereocenters. The lowest BCUT2D eigenvalue weighted by Crippen LogP contribution is -2.36. The average Bonchev–Trinajstić information content (AvgIpc) is 2.58. The number of piperidine rings is 1. The van der Waals surface area contributed by atoms with Gasteiger partial charge in [-0.05, 0) is 44.3 Å². The Morgan fingerprint density at radius 1 is 1.42 bits per heavy atom. The highest BCUT2D eigenvalue weighted by molar-refractivity contribution is 7.99. The predicted octanol–water partition coefficient (Wildman–Crippen LogP) is 3.22. The Morgan fingerprint density at radius 2 is 2.29 bits per heavy atom. The number of hydrogen-bond donors (Lipinski definition) is 1. The first kappa shape index (κ1) is 17.5. The number of rotatable bonds is 5. The number of Topliss-reactive ketones (excluding diaryl/α,β-unsaturated/α-hetero) is 1. The molecule has 1 N–H and O–H groups in total. The number of likely N-dealkylation sites (tertiary alicyclic amines) is 1. The third-order valence-corrected chi connectivity index (χ3v) is 5.95. The molecule has 2 heterocycles. The number of thioether (sulfide) groups is 1. The summed E-state index contributed by atoms with van der Waals surface area (Å²) in [6, 6.07) is 5.47. The van der Waals surface area contributed by atoms with Crippen molar-refractivity contribution in [3.05, 3.63) is 29.3 Å². The molecule has 130 valence electrons. The van der Waals surface area contributed by atoms with Crippen LogP contribution in [0.1, 0.15) is 53.3 Å². The van der Waals surface area contributed by atoms with Gasteiger partial charge in [0.15, 0.2) is 5.78 Å². The largest absolute Gasteiger partial charge is 0.352 e. The van der Waals surface area contributed by atoms with Crippen LogP contribution in [-0.4, -0.2) is 48.5 Å². The first-order chi connectivity index (χ1) is 11.6. The maximum atomic E-state index is 12.5. The van der Waals surface area contributed by atoms with Crippen LogP contribution in [-0.2, 0) is 0 Å². The fraction of sp³-hybridized carbons (Fsp3) is 0.579. The summed E-state index contributed by atoms with van der Waals surface area (Å²) in [5.41, 5.74) is 1.36. The molecule has 0 radical (unpaired) electrons. The third-order valence-electron chi connectivity index (χ3n) is 4.81. The van der Waals surface area contributed by atoms with Gasteiger partial charge in [-0.2, -0.15) is 0 Å². The van der Waals surface area contributed by atoms with Gasteiger partial charge in [0.25, 0.3) is 5.91 Å². The second kappa shape index (κ2) is 8.17. The van der Waals surface area contributed by atoms with E-state index in [0.29, 0.717) is 24.1 Å². The van der Waals surface area contributed by atoms with Gasteiger partial charge in [-0.1, -0.05) is 19.1 Å². The monoisotopic (exact) mass is 346 g/mol. The van der Waals surface area contributed by atoms with Crippen molar-refractivity contribution < 1.29 is 9.59 Å². The molecular weight excluding hydrogens is 320 g/mol. The molecule has 24 heavy (non-hydrogen) atoms. The topological polar surface area (TPSA) is 49.4 Å². The summed E-state index contributed by atoms with van der Waals surface area (Å²) in [5, 5.41) is 3.02. The fourth-order valence-electron chi connectivity index (χ4n) is 3.56. The third kappa shape index (κ3) is 4.19. The molecule has 1 aromatic rings. The highest BCUT2D eigenvalue weighted by Gasteiger charge is 2.23. The molecule has 5 heteroatoms. The average molecular weight is 346 g/mol. The van der Waals surface area contributed by atoms with E-state index in [-0.39, 0.29) is 11.7 Å². The summed E-state index contributed by atoms with van der Waals surface area (Å²) in [4.78, 5) is 27.8. The van der Waals surface area contributed by atoms with Gasteiger partial charge in [0.2, 0.25) is 0 Å². The second-order valence-electron chi connectivity index (χ2n) is 6.86. The zero-order valence-electron chi connectivity index (χ0n) is 14.3. The van der Waals surface area contributed by atoms with Crippen LogP contribution in [0.5, 0.6) is 0 Å². The van der Waals surface area contributed by atoms with E-state index in [4.69, 9.17) is 0 Å². The van der Waals surface area contributed by atoms with E-state index in [1.165, 1.54) is 25.9 Å². The maximum absolute atomic E-state index is 12.5. The van der Waals surface area contributed by atoms with Crippen molar-refractivity contribution in [3.63, 3.8) is 0 Å². The Bertz CT molecular complexity index is 617. The summed E-state index contributed by atoms with van der Waals surface area (Å²) in [5.74, 6) is 1.65. The summed E-state index contributed by atoms with van der Waals surface area (Å²) >= 11 is 1.62. The number of amides is 1. The van der Waals surface area contributed by atoms with E-state index in [0.717, 1.165) is 29.5 Å². The Morgan fingerprint density at radius 3 is 3.12 bits per heavy atom. The van der Waals surface area contributed by atoms with Crippen LogP contribution in [0.2, 0.25) is 0 Å². The van der Waals surface area contributed by atoms with Crippen molar-refractivity contribution in [2.75, 3.05) is 31.9 Å². The van der Waals surface area contributed by atoms with Gasteiger partial charge in [0.1, 0.15) is 0 Å². The normalized spacial score (nSPS) is 21.4. The number of ketones is 1. The zero-order chi connectivity index (χ0) is 16.9. The lowest BCUT2D eigenvalue weighted by atomic mass is 10.0. The highest BCUT2D eigenvalue weighted by atomic mass is 32.2. The molecule has 0 spiro atoms. The van der Waals surface area contributed by atoms with Gasteiger partial charge in [-0.3, -0.25) is 9.59 Å². The Balaban J connectivity index is 1.51. The minimum Gasteiger partial charge on any atom is -0.352 e. The first-order valence-electron chi connectivity index (χ1n) is 8.94. The van der Waals surface area contributed by atoms with Crippen molar-refractivity contribution in [3.8, 4) is 0 Å². The molecular formula is C19H26N2O2S. The zero-order valence-corrected chi connectivity index (χ0v) is 15.2. The molecule has 0 aromatic heterocycles. The molecule has 2 aliphatic rings. The molecule has 1 fully saturated rings. The van der Waals surface area contributed by atoms with Gasteiger partial charge in [-0.15, -0.1) is 11.8 Å². The highest BCUT2D eigenvalue weighted by Crippen LogP contribution is 2.32. The molecule has 3 rings (SSSR count). The lowest BCUT2D eigenvalue weighted by Gasteiger charge is -2.30. The molecule has 2 aliphatic heterocycles. The number of nitrogens with zero attached hydrogens (tertiary/aromatic N) is 1. The van der Waals surface area contributed by atoms with Crippen molar-refractivity contribution >= 4 is 23.5 Å². The first-order valence-corrected chi connectivity index (χ1v) is 9.93. The maximum Gasteiger partial charge on any atom is 0.252 e. The molecule has 1 aromatic carbocycles. The quantitative estimate of drug-likeness (QED) is 0.832. The van der Waals surface area contributed by atoms with Crippen LogP contribution in [0.4, 0.5) is 0 Å². The van der Waals surface area contributed by atoms with E-state index in [1.807, 2.05) is 18.2 Å². The molecule has 1 amide bonds. The number of fused-ring (bicyclic) bond motifs is 1.